The normalized spacial score (nSPS) is 10.8. The van der Waals surface area contributed by atoms with Crippen LogP contribution in [0.1, 0.15) is 11.1 Å². The Morgan fingerprint density at radius 1 is 1.25 bits per heavy atom. The SMILES string of the molecule is Brc1cc(CNCc2ccc(-n3ccnc3)nc2)cs1. The van der Waals surface area contributed by atoms with E-state index in [4.69, 9.17) is 0 Å². The minimum absolute atomic E-state index is 0.810. The van der Waals surface area contributed by atoms with Crippen LogP contribution in [0, 0.1) is 0 Å². The highest BCUT2D eigenvalue weighted by molar-refractivity contribution is 9.11. The predicted octanol–water partition coefficient (Wildman–Crippen LogP) is 3.38. The number of thiophene rings is 1. The van der Waals surface area contributed by atoms with Crippen molar-refractivity contribution in [2.45, 2.75) is 13.1 Å². The first-order chi connectivity index (χ1) is 9.81. The number of pyridine rings is 1. The summed E-state index contributed by atoms with van der Waals surface area (Å²) in [6.07, 6.45) is 7.27. The molecule has 0 aliphatic carbocycles. The Morgan fingerprint density at radius 3 is 2.80 bits per heavy atom. The van der Waals surface area contributed by atoms with Gasteiger partial charge in [0.25, 0.3) is 0 Å². The van der Waals surface area contributed by atoms with Crippen LogP contribution in [0.5, 0.6) is 0 Å². The standard InChI is InChI=1S/C14H13BrN4S/c15-13-5-12(9-20-13)7-17-6-11-1-2-14(18-8-11)19-4-3-16-10-19/h1-5,8-10,17H,6-7H2. The molecule has 0 amide bonds. The van der Waals surface area contributed by atoms with Crippen molar-refractivity contribution in [1.82, 2.24) is 19.9 Å². The summed E-state index contributed by atoms with van der Waals surface area (Å²) in [4.78, 5) is 8.44. The lowest BCUT2D eigenvalue weighted by molar-refractivity contribution is 0.692. The van der Waals surface area contributed by atoms with Gasteiger partial charge in [-0.15, -0.1) is 11.3 Å². The van der Waals surface area contributed by atoms with Crippen molar-refractivity contribution in [3.8, 4) is 5.82 Å². The largest absolute Gasteiger partial charge is 0.309 e. The van der Waals surface area contributed by atoms with Crippen molar-refractivity contribution >= 4 is 27.3 Å². The monoisotopic (exact) mass is 348 g/mol. The Labute approximate surface area is 129 Å². The van der Waals surface area contributed by atoms with Crippen LogP contribution in [0.25, 0.3) is 5.82 Å². The molecule has 0 aromatic carbocycles. The Bertz CT molecular complexity index is 661. The first-order valence-electron chi connectivity index (χ1n) is 6.18. The van der Waals surface area contributed by atoms with Crippen LogP contribution in [0.3, 0.4) is 0 Å². The molecule has 3 aromatic rings. The first-order valence-corrected chi connectivity index (χ1v) is 7.85. The topological polar surface area (TPSA) is 42.7 Å². The van der Waals surface area contributed by atoms with Gasteiger partial charge < -0.3 is 5.32 Å². The lowest BCUT2D eigenvalue weighted by Gasteiger charge is -2.05. The van der Waals surface area contributed by atoms with E-state index in [0.29, 0.717) is 0 Å². The van der Waals surface area contributed by atoms with E-state index in [1.54, 1.807) is 23.9 Å². The third-order valence-electron chi connectivity index (χ3n) is 2.86. The Balaban J connectivity index is 1.56. The zero-order valence-corrected chi connectivity index (χ0v) is 13.1. The zero-order valence-electron chi connectivity index (χ0n) is 10.7. The van der Waals surface area contributed by atoms with Gasteiger partial charge in [-0.1, -0.05) is 6.07 Å². The fourth-order valence-corrected chi connectivity index (χ4v) is 3.07. The average molecular weight is 349 g/mol. The van der Waals surface area contributed by atoms with E-state index in [-0.39, 0.29) is 0 Å². The van der Waals surface area contributed by atoms with E-state index in [1.165, 1.54) is 14.9 Å². The van der Waals surface area contributed by atoms with Gasteiger partial charge in [0.05, 0.1) is 3.79 Å². The van der Waals surface area contributed by atoms with Gasteiger partial charge in [0.1, 0.15) is 12.1 Å². The number of hydrogen-bond donors (Lipinski definition) is 1. The molecule has 0 unspecified atom stereocenters. The highest BCUT2D eigenvalue weighted by Gasteiger charge is 2.00. The van der Waals surface area contributed by atoms with Gasteiger partial charge in [-0.3, -0.25) is 4.57 Å². The molecule has 3 heterocycles. The van der Waals surface area contributed by atoms with E-state index in [1.807, 2.05) is 23.0 Å². The second-order valence-corrected chi connectivity index (χ2v) is 6.65. The lowest BCUT2D eigenvalue weighted by Crippen LogP contribution is -2.12. The van der Waals surface area contributed by atoms with E-state index >= 15 is 0 Å². The van der Waals surface area contributed by atoms with E-state index < -0.39 is 0 Å². The molecule has 0 fully saturated rings. The second kappa shape index (κ2) is 6.30. The minimum atomic E-state index is 0.810. The van der Waals surface area contributed by atoms with Crippen molar-refractivity contribution in [1.29, 1.82) is 0 Å². The van der Waals surface area contributed by atoms with Gasteiger partial charge in [-0.2, -0.15) is 0 Å². The van der Waals surface area contributed by atoms with Gasteiger partial charge in [-0.25, -0.2) is 9.97 Å². The van der Waals surface area contributed by atoms with Crippen molar-refractivity contribution in [2.75, 3.05) is 0 Å². The highest BCUT2D eigenvalue weighted by atomic mass is 79.9. The summed E-state index contributed by atoms with van der Waals surface area (Å²) in [5, 5.41) is 5.56. The number of halogens is 1. The molecule has 0 saturated carbocycles. The summed E-state index contributed by atoms with van der Waals surface area (Å²) >= 11 is 5.18. The van der Waals surface area contributed by atoms with Gasteiger partial charge in [0.2, 0.25) is 0 Å². The van der Waals surface area contributed by atoms with Gasteiger partial charge in [0, 0.05) is 31.7 Å². The van der Waals surface area contributed by atoms with Gasteiger partial charge in [-0.05, 0) is 44.6 Å². The summed E-state index contributed by atoms with van der Waals surface area (Å²) in [5.41, 5.74) is 2.47. The molecule has 0 bridgehead atoms. The minimum Gasteiger partial charge on any atom is -0.309 e. The van der Waals surface area contributed by atoms with Crippen LogP contribution in [0.2, 0.25) is 0 Å². The molecule has 20 heavy (non-hydrogen) atoms. The third-order valence-corrected chi connectivity index (χ3v) is 4.41. The smallest absolute Gasteiger partial charge is 0.137 e. The quantitative estimate of drug-likeness (QED) is 0.768. The van der Waals surface area contributed by atoms with Crippen molar-refractivity contribution < 1.29 is 0 Å². The molecule has 0 saturated heterocycles. The molecule has 0 aliphatic heterocycles. The molecular weight excluding hydrogens is 336 g/mol. The molecule has 102 valence electrons. The van der Waals surface area contributed by atoms with Crippen molar-refractivity contribution in [3.63, 3.8) is 0 Å². The van der Waals surface area contributed by atoms with Crippen LogP contribution in [0.15, 0.2) is 52.3 Å². The maximum Gasteiger partial charge on any atom is 0.137 e. The van der Waals surface area contributed by atoms with Gasteiger partial charge >= 0.3 is 0 Å². The molecule has 4 nitrogen and oxygen atoms in total. The third kappa shape index (κ3) is 3.33. The number of aromatic nitrogens is 3. The summed E-state index contributed by atoms with van der Waals surface area (Å²) < 4.78 is 3.06. The number of hydrogen-bond acceptors (Lipinski definition) is 4. The van der Waals surface area contributed by atoms with E-state index in [2.05, 4.69) is 48.7 Å². The molecule has 0 spiro atoms. The van der Waals surface area contributed by atoms with E-state index in [9.17, 15) is 0 Å². The Kier molecular flexibility index (Phi) is 4.25. The molecule has 3 rings (SSSR count). The zero-order chi connectivity index (χ0) is 13.8. The number of imidazole rings is 1. The average Bonchev–Trinajstić information content (AvgIpc) is 3.11. The molecular formula is C14H13BrN4S. The van der Waals surface area contributed by atoms with Crippen LogP contribution >= 0.6 is 27.3 Å². The molecule has 1 N–H and O–H groups in total. The van der Waals surface area contributed by atoms with Crippen LogP contribution in [-0.4, -0.2) is 14.5 Å². The number of nitrogens with one attached hydrogen (secondary N) is 1. The fourth-order valence-electron chi connectivity index (χ4n) is 1.86. The van der Waals surface area contributed by atoms with Crippen LogP contribution in [-0.2, 0) is 13.1 Å². The van der Waals surface area contributed by atoms with Gasteiger partial charge in [0.15, 0.2) is 0 Å². The molecule has 3 aromatic heterocycles. The van der Waals surface area contributed by atoms with Crippen LogP contribution in [0.4, 0.5) is 0 Å². The summed E-state index contributed by atoms with van der Waals surface area (Å²) in [5.74, 6) is 0.882. The maximum absolute atomic E-state index is 4.43. The highest BCUT2D eigenvalue weighted by Crippen LogP contribution is 2.20. The predicted molar refractivity (Wildman–Crippen MR) is 83.9 cm³/mol. The number of rotatable bonds is 5. The molecule has 0 aliphatic rings. The Morgan fingerprint density at radius 2 is 2.15 bits per heavy atom. The first kappa shape index (κ1) is 13.5. The molecule has 6 heteroatoms. The Hall–Kier alpha value is -1.50. The second-order valence-electron chi connectivity index (χ2n) is 4.36. The maximum atomic E-state index is 4.43. The molecule has 0 radical (unpaired) electrons. The fraction of sp³-hybridized carbons (Fsp3) is 0.143. The lowest BCUT2D eigenvalue weighted by atomic mass is 10.2. The van der Waals surface area contributed by atoms with E-state index in [0.717, 1.165) is 18.9 Å². The molecule has 0 atom stereocenters. The number of nitrogens with zero attached hydrogens (tertiary/aromatic N) is 3. The van der Waals surface area contributed by atoms with Crippen molar-refractivity contribution in [2.24, 2.45) is 0 Å². The summed E-state index contributed by atoms with van der Waals surface area (Å²) in [6, 6.07) is 6.22. The van der Waals surface area contributed by atoms with Crippen LogP contribution < -0.4 is 5.32 Å². The van der Waals surface area contributed by atoms with Crippen molar-refractivity contribution in [3.05, 3.63) is 63.4 Å². The summed E-state index contributed by atoms with van der Waals surface area (Å²) in [6.45, 7) is 1.68. The summed E-state index contributed by atoms with van der Waals surface area (Å²) in [7, 11) is 0.